The lowest BCUT2D eigenvalue weighted by molar-refractivity contribution is 0.0885. The molecule has 112 valence electrons. The first-order valence-electron chi connectivity index (χ1n) is 6.75. The summed E-state index contributed by atoms with van der Waals surface area (Å²) in [6.45, 7) is 5.74. The van der Waals surface area contributed by atoms with E-state index in [9.17, 15) is 14.3 Å². The zero-order valence-corrected chi connectivity index (χ0v) is 12.6. The van der Waals surface area contributed by atoms with Crippen molar-refractivity contribution in [3.63, 3.8) is 0 Å². The van der Waals surface area contributed by atoms with Gasteiger partial charge in [0.1, 0.15) is 11.6 Å². The molecule has 0 amide bonds. The second-order valence-electron chi connectivity index (χ2n) is 5.26. The van der Waals surface area contributed by atoms with Gasteiger partial charge in [-0.15, -0.1) is 0 Å². The van der Waals surface area contributed by atoms with Crippen LogP contribution in [-0.2, 0) is 0 Å². The molecule has 1 atom stereocenters. The van der Waals surface area contributed by atoms with Crippen LogP contribution in [0.2, 0.25) is 0 Å². The van der Waals surface area contributed by atoms with Gasteiger partial charge in [-0.2, -0.15) is 0 Å². The molecule has 0 aliphatic rings. The van der Waals surface area contributed by atoms with E-state index in [-0.39, 0.29) is 29.7 Å². The van der Waals surface area contributed by atoms with Crippen LogP contribution in [0.15, 0.2) is 18.2 Å². The first kappa shape index (κ1) is 16.6. The summed E-state index contributed by atoms with van der Waals surface area (Å²) in [7, 11) is 3.95. The van der Waals surface area contributed by atoms with E-state index in [1.165, 1.54) is 6.07 Å². The van der Waals surface area contributed by atoms with Gasteiger partial charge in [0.2, 0.25) is 0 Å². The molecular weight excluding hydrogens is 259 g/mol. The highest BCUT2D eigenvalue weighted by molar-refractivity contribution is 6.00. The molecule has 0 bridgehead atoms. The van der Waals surface area contributed by atoms with Crippen LogP contribution >= 0.6 is 0 Å². The van der Waals surface area contributed by atoms with Gasteiger partial charge < -0.3 is 10.0 Å². The number of hydrogen-bond acceptors (Lipinski definition) is 4. The first-order chi connectivity index (χ1) is 9.35. The summed E-state index contributed by atoms with van der Waals surface area (Å²) in [6, 6.07) is 3.64. The Bertz CT molecular complexity index is 463. The topological polar surface area (TPSA) is 43.8 Å². The average molecular weight is 282 g/mol. The van der Waals surface area contributed by atoms with E-state index in [0.29, 0.717) is 0 Å². The van der Waals surface area contributed by atoms with Crippen LogP contribution in [0.5, 0.6) is 5.75 Å². The van der Waals surface area contributed by atoms with Crippen LogP contribution in [0.1, 0.15) is 24.2 Å². The van der Waals surface area contributed by atoms with Gasteiger partial charge in [-0.25, -0.2) is 4.39 Å². The van der Waals surface area contributed by atoms with E-state index in [1.54, 1.807) is 0 Å². The van der Waals surface area contributed by atoms with Crippen molar-refractivity contribution in [2.45, 2.75) is 19.9 Å². The Hall–Kier alpha value is -1.46. The fourth-order valence-corrected chi connectivity index (χ4v) is 2.22. The normalized spacial score (nSPS) is 12.9. The number of carbonyl (C=O) groups is 1. The molecule has 0 aliphatic heterocycles. The lowest BCUT2D eigenvalue weighted by Crippen LogP contribution is -2.42. The Morgan fingerprint density at radius 1 is 1.40 bits per heavy atom. The number of benzene rings is 1. The summed E-state index contributed by atoms with van der Waals surface area (Å²) in [5, 5.41) is 9.66. The van der Waals surface area contributed by atoms with Crippen molar-refractivity contribution in [2.24, 2.45) is 0 Å². The molecule has 0 spiro atoms. The van der Waals surface area contributed by atoms with Crippen molar-refractivity contribution in [3.05, 3.63) is 29.6 Å². The second kappa shape index (κ2) is 7.36. The van der Waals surface area contributed by atoms with Gasteiger partial charge in [0.05, 0.1) is 12.1 Å². The van der Waals surface area contributed by atoms with Gasteiger partial charge in [-0.3, -0.25) is 9.69 Å². The SMILES string of the molecule is CCN(CC(=O)c1cc(F)ccc1O)C(C)CN(C)C. The lowest BCUT2D eigenvalue weighted by atomic mass is 10.1. The van der Waals surface area contributed by atoms with E-state index in [0.717, 1.165) is 25.2 Å². The minimum Gasteiger partial charge on any atom is -0.507 e. The van der Waals surface area contributed by atoms with E-state index in [4.69, 9.17) is 0 Å². The van der Waals surface area contributed by atoms with Crippen LogP contribution in [-0.4, -0.2) is 60.5 Å². The average Bonchev–Trinajstić information content (AvgIpc) is 2.37. The number of halogens is 1. The summed E-state index contributed by atoms with van der Waals surface area (Å²) in [6.07, 6.45) is 0. The highest BCUT2D eigenvalue weighted by Crippen LogP contribution is 2.19. The molecule has 0 saturated carbocycles. The van der Waals surface area contributed by atoms with E-state index < -0.39 is 5.82 Å². The van der Waals surface area contributed by atoms with Gasteiger partial charge in [-0.1, -0.05) is 6.92 Å². The Kier molecular flexibility index (Phi) is 6.10. The molecule has 0 aromatic heterocycles. The minimum atomic E-state index is -0.518. The standard InChI is InChI=1S/C15H23FN2O2/c1-5-18(11(2)9-17(3)4)10-15(20)13-8-12(16)6-7-14(13)19/h6-8,11,19H,5,9-10H2,1-4H3. The summed E-state index contributed by atoms with van der Waals surface area (Å²) < 4.78 is 13.2. The zero-order chi connectivity index (χ0) is 15.3. The molecule has 0 fully saturated rings. The molecule has 0 radical (unpaired) electrons. The molecular formula is C15H23FN2O2. The molecule has 4 nitrogen and oxygen atoms in total. The molecule has 1 unspecified atom stereocenters. The van der Waals surface area contributed by atoms with Crippen molar-refractivity contribution in [1.82, 2.24) is 9.80 Å². The Labute approximate surface area is 119 Å². The molecule has 5 heteroatoms. The van der Waals surface area contributed by atoms with Crippen molar-refractivity contribution in [1.29, 1.82) is 0 Å². The van der Waals surface area contributed by atoms with Gasteiger partial charge >= 0.3 is 0 Å². The van der Waals surface area contributed by atoms with Gasteiger partial charge in [0.25, 0.3) is 0 Å². The molecule has 0 heterocycles. The lowest BCUT2D eigenvalue weighted by Gasteiger charge is -2.29. The number of phenolic OH excluding ortho intramolecular Hbond substituents is 1. The predicted octanol–water partition coefficient (Wildman–Crippen LogP) is 1.99. The number of ketones is 1. The molecule has 1 aromatic rings. The van der Waals surface area contributed by atoms with E-state index in [1.807, 2.05) is 32.8 Å². The number of likely N-dealkylation sites (N-methyl/N-ethyl adjacent to an activating group) is 2. The maximum atomic E-state index is 13.2. The third-order valence-corrected chi connectivity index (χ3v) is 3.26. The highest BCUT2D eigenvalue weighted by atomic mass is 19.1. The van der Waals surface area contributed by atoms with Crippen molar-refractivity contribution >= 4 is 5.78 Å². The second-order valence-corrected chi connectivity index (χ2v) is 5.26. The Morgan fingerprint density at radius 3 is 2.60 bits per heavy atom. The van der Waals surface area contributed by atoms with E-state index >= 15 is 0 Å². The molecule has 0 aliphatic carbocycles. The first-order valence-corrected chi connectivity index (χ1v) is 6.75. The molecule has 1 aromatic carbocycles. The van der Waals surface area contributed by atoms with Crippen molar-refractivity contribution in [3.8, 4) is 5.75 Å². The highest BCUT2D eigenvalue weighted by Gasteiger charge is 2.19. The van der Waals surface area contributed by atoms with Crippen molar-refractivity contribution in [2.75, 3.05) is 33.7 Å². The quantitative estimate of drug-likeness (QED) is 0.777. The number of carbonyl (C=O) groups excluding carboxylic acids is 1. The molecule has 1 N–H and O–H groups in total. The zero-order valence-electron chi connectivity index (χ0n) is 12.6. The molecule has 1 rings (SSSR count). The Balaban J connectivity index is 2.79. The number of aromatic hydroxyl groups is 1. The fourth-order valence-electron chi connectivity index (χ4n) is 2.22. The number of hydrogen-bond donors (Lipinski definition) is 1. The van der Waals surface area contributed by atoms with Crippen LogP contribution in [0.3, 0.4) is 0 Å². The maximum Gasteiger partial charge on any atom is 0.180 e. The summed E-state index contributed by atoms with van der Waals surface area (Å²) in [5.74, 6) is -0.960. The van der Waals surface area contributed by atoms with Crippen molar-refractivity contribution < 1.29 is 14.3 Å². The largest absolute Gasteiger partial charge is 0.507 e. The maximum absolute atomic E-state index is 13.2. The molecule has 0 saturated heterocycles. The molecule has 20 heavy (non-hydrogen) atoms. The fraction of sp³-hybridized carbons (Fsp3) is 0.533. The number of nitrogens with zero attached hydrogens (tertiary/aromatic N) is 2. The third-order valence-electron chi connectivity index (χ3n) is 3.26. The summed E-state index contributed by atoms with van der Waals surface area (Å²) >= 11 is 0. The number of rotatable bonds is 7. The number of Topliss-reactive ketones (excluding diaryl/α,β-unsaturated/α-hetero) is 1. The van der Waals surface area contributed by atoms with Crippen LogP contribution in [0, 0.1) is 5.82 Å². The monoisotopic (exact) mass is 282 g/mol. The van der Waals surface area contributed by atoms with Crippen LogP contribution in [0.4, 0.5) is 4.39 Å². The van der Waals surface area contributed by atoms with Crippen LogP contribution < -0.4 is 0 Å². The summed E-state index contributed by atoms with van der Waals surface area (Å²) in [4.78, 5) is 16.3. The third kappa shape index (κ3) is 4.58. The van der Waals surface area contributed by atoms with Gasteiger partial charge in [0.15, 0.2) is 5.78 Å². The van der Waals surface area contributed by atoms with Gasteiger partial charge in [0, 0.05) is 12.6 Å². The number of phenols is 1. The predicted molar refractivity (Wildman–Crippen MR) is 77.7 cm³/mol. The van der Waals surface area contributed by atoms with E-state index in [2.05, 4.69) is 4.90 Å². The smallest absolute Gasteiger partial charge is 0.180 e. The Morgan fingerprint density at radius 2 is 2.05 bits per heavy atom. The van der Waals surface area contributed by atoms with Gasteiger partial charge in [-0.05, 0) is 45.8 Å². The summed E-state index contributed by atoms with van der Waals surface area (Å²) in [5.41, 5.74) is 0.0421. The minimum absolute atomic E-state index is 0.0421. The van der Waals surface area contributed by atoms with Crippen LogP contribution in [0.25, 0.3) is 0 Å².